The van der Waals surface area contributed by atoms with Crippen LogP contribution >= 0.6 is 0 Å². The summed E-state index contributed by atoms with van der Waals surface area (Å²) in [6, 6.07) is 0. The second-order valence-electron chi connectivity index (χ2n) is 4.49. The number of unbranched alkanes of at least 4 members (excludes halogenated alkanes) is 1. The molecule has 0 heterocycles. The molecular formula is C11H21NO2S. The minimum atomic E-state index is -2.99. The van der Waals surface area contributed by atoms with E-state index in [-0.39, 0.29) is 5.75 Å². The van der Waals surface area contributed by atoms with Gasteiger partial charge in [0.15, 0.2) is 9.84 Å². The van der Waals surface area contributed by atoms with Crippen LogP contribution in [0, 0.1) is 12.3 Å². The molecule has 0 aromatic heterocycles. The first-order chi connectivity index (χ1) is 6.81. The summed E-state index contributed by atoms with van der Waals surface area (Å²) in [7, 11) is -2.99. The van der Waals surface area contributed by atoms with Crippen molar-refractivity contribution >= 4 is 9.84 Å². The molecule has 88 valence electrons. The molecule has 0 aromatic carbocycles. The molecule has 0 aliphatic heterocycles. The van der Waals surface area contributed by atoms with Gasteiger partial charge in [-0.1, -0.05) is 0 Å². The number of sulfone groups is 1. The van der Waals surface area contributed by atoms with Crippen LogP contribution in [-0.2, 0) is 9.84 Å². The summed E-state index contributed by atoms with van der Waals surface area (Å²) in [6.07, 6.45) is 6.73. The molecule has 0 fully saturated rings. The number of rotatable bonds is 6. The highest BCUT2D eigenvalue weighted by molar-refractivity contribution is 7.92. The van der Waals surface area contributed by atoms with Crippen LogP contribution in [0.25, 0.3) is 0 Å². The highest BCUT2D eigenvalue weighted by Crippen LogP contribution is 2.15. The van der Waals surface area contributed by atoms with E-state index in [0.717, 1.165) is 19.4 Å². The van der Waals surface area contributed by atoms with E-state index in [4.69, 9.17) is 6.42 Å². The fourth-order valence-corrected chi connectivity index (χ4v) is 1.98. The largest absolute Gasteiger partial charge is 0.316 e. The molecule has 1 N–H and O–H groups in total. The highest BCUT2D eigenvalue weighted by atomic mass is 32.2. The Kier molecular flexibility index (Phi) is 5.92. The van der Waals surface area contributed by atoms with Gasteiger partial charge < -0.3 is 5.32 Å². The third kappa shape index (κ3) is 5.81. The molecule has 0 saturated carbocycles. The summed E-state index contributed by atoms with van der Waals surface area (Å²) in [4.78, 5) is 0. The van der Waals surface area contributed by atoms with Crippen LogP contribution in [0.5, 0.6) is 0 Å². The van der Waals surface area contributed by atoms with Crippen molar-refractivity contribution in [1.29, 1.82) is 0 Å². The third-order valence-electron chi connectivity index (χ3n) is 2.16. The van der Waals surface area contributed by atoms with E-state index < -0.39 is 14.6 Å². The second kappa shape index (κ2) is 6.14. The quantitative estimate of drug-likeness (QED) is 0.552. The van der Waals surface area contributed by atoms with Gasteiger partial charge in [-0.3, -0.25) is 0 Å². The molecule has 0 amide bonds. The topological polar surface area (TPSA) is 46.2 Å². The van der Waals surface area contributed by atoms with E-state index in [0.29, 0.717) is 6.54 Å². The minimum absolute atomic E-state index is 0.187. The van der Waals surface area contributed by atoms with Crippen LogP contribution in [0.3, 0.4) is 0 Å². The van der Waals surface area contributed by atoms with E-state index in [9.17, 15) is 8.42 Å². The van der Waals surface area contributed by atoms with Crippen molar-refractivity contribution in [3.05, 3.63) is 0 Å². The van der Waals surface area contributed by atoms with Gasteiger partial charge in [0.1, 0.15) is 0 Å². The highest BCUT2D eigenvalue weighted by Gasteiger charge is 2.27. The first-order valence-electron chi connectivity index (χ1n) is 5.18. The molecule has 15 heavy (non-hydrogen) atoms. The second-order valence-corrected chi connectivity index (χ2v) is 7.35. The summed E-state index contributed by atoms with van der Waals surface area (Å²) >= 11 is 0. The Balaban J connectivity index is 3.75. The van der Waals surface area contributed by atoms with Gasteiger partial charge in [0, 0.05) is 13.0 Å². The summed E-state index contributed by atoms with van der Waals surface area (Å²) < 4.78 is 22.7. The Bertz CT molecular complexity index is 306. The fraction of sp³-hybridized carbons (Fsp3) is 0.818. The molecule has 4 heteroatoms. The molecule has 0 saturated heterocycles. The Morgan fingerprint density at radius 3 is 2.33 bits per heavy atom. The molecule has 0 unspecified atom stereocenters. The SMILES string of the molecule is C#CCCCNCCS(=O)(=O)C(C)(C)C. The molecule has 0 spiro atoms. The van der Waals surface area contributed by atoms with Gasteiger partial charge >= 0.3 is 0 Å². The van der Waals surface area contributed by atoms with E-state index in [1.807, 2.05) is 0 Å². The Hall–Kier alpha value is -0.530. The van der Waals surface area contributed by atoms with Gasteiger partial charge in [-0.2, -0.15) is 0 Å². The zero-order valence-electron chi connectivity index (χ0n) is 9.84. The zero-order chi connectivity index (χ0) is 11.9. The lowest BCUT2D eigenvalue weighted by atomic mass is 10.3. The lowest BCUT2D eigenvalue weighted by Crippen LogP contribution is -2.34. The first kappa shape index (κ1) is 14.5. The van der Waals surface area contributed by atoms with Crippen molar-refractivity contribution in [3.63, 3.8) is 0 Å². The fourth-order valence-electron chi connectivity index (χ4n) is 0.953. The van der Waals surface area contributed by atoms with Crippen LogP contribution in [-0.4, -0.2) is 32.0 Å². The van der Waals surface area contributed by atoms with Gasteiger partial charge in [-0.25, -0.2) is 8.42 Å². The van der Waals surface area contributed by atoms with E-state index in [1.54, 1.807) is 20.8 Å². The van der Waals surface area contributed by atoms with Crippen LogP contribution in [0.1, 0.15) is 33.6 Å². The lowest BCUT2D eigenvalue weighted by molar-refractivity contribution is 0.555. The molecular weight excluding hydrogens is 210 g/mol. The Morgan fingerprint density at radius 1 is 1.27 bits per heavy atom. The van der Waals surface area contributed by atoms with Crippen LogP contribution < -0.4 is 5.32 Å². The number of hydrogen-bond acceptors (Lipinski definition) is 3. The molecule has 0 bridgehead atoms. The van der Waals surface area contributed by atoms with Crippen LogP contribution in [0.2, 0.25) is 0 Å². The van der Waals surface area contributed by atoms with Gasteiger partial charge in [-0.05, 0) is 33.7 Å². The average molecular weight is 231 g/mol. The molecule has 3 nitrogen and oxygen atoms in total. The van der Waals surface area contributed by atoms with Crippen molar-refractivity contribution in [2.45, 2.75) is 38.4 Å². The predicted molar refractivity (Wildman–Crippen MR) is 64.5 cm³/mol. The van der Waals surface area contributed by atoms with E-state index in [1.165, 1.54) is 0 Å². The number of terminal acetylenes is 1. The van der Waals surface area contributed by atoms with E-state index in [2.05, 4.69) is 11.2 Å². The van der Waals surface area contributed by atoms with Crippen molar-refractivity contribution in [2.75, 3.05) is 18.8 Å². The summed E-state index contributed by atoms with van der Waals surface area (Å²) in [5.74, 6) is 2.73. The maximum atomic E-state index is 11.7. The van der Waals surface area contributed by atoms with Crippen LogP contribution in [0.4, 0.5) is 0 Å². The van der Waals surface area contributed by atoms with Gasteiger partial charge in [0.2, 0.25) is 0 Å². The number of nitrogens with one attached hydrogen (secondary N) is 1. The number of hydrogen-bond donors (Lipinski definition) is 1. The molecule has 0 rings (SSSR count). The summed E-state index contributed by atoms with van der Waals surface area (Å²) in [5.41, 5.74) is 0. The van der Waals surface area contributed by atoms with Crippen molar-refractivity contribution < 1.29 is 8.42 Å². The minimum Gasteiger partial charge on any atom is -0.316 e. The molecule has 0 radical (unpaired) electrons. The Labute approximate surface area is 93.6 Å². The normalized spacial score (nSPS) is 12.4. The maximum absolute atomic E-state index is 11.7. The van der Waals surface area contributed by atoms with Crippen molar-refractivity contribution in [2.24, 2.45) is 0 Å². The molecule has 0 aliphatic carbocycles. The Morgan fingerprint density at radius 2 is 1.87 bits per heavy atom. The smallest absolute Gasteiger partial charge is 0.156 e. The van der Waals surface area contributed by atoms with Crippen molar-refractivity contribution in [1.82, 2.24) is 5.32 Å². The molecule has 0 aliphatic rings. The van der Waals surface area contributed by atoms with Crippen molar-refractivity contribution in [3.8, 4) is 12.3 Å². The lowest BCUT2D eigenvalue weighted by Gasteiger charge is -2.19. The van der Waals surface area contributed by atoms with Crippen LogP contribution in [0.15, 0.2) is 0 Å². The standard InChI is InChI=1S/C11H21NO2S/c1-5-6-7-8-12-9-10-15(13,14)11(2,3)4/h1,12H,6-10H2,2-4H3. The molecule has 0 aromatic rings. The third-order valence-corrected chi connectivity index (χ3v) is 4.76. The van der Waals surface area contributed by atoms with E-state index >= 15 is 0 Å². The summed E-state index contributed by atoms with van der Waals surface area (Å²) in [6.45, 7) is 6.45. The first-order valence-corrected chi connectivity index (χ1v) is 6.83. The van der Waals surface area contributed by atoms with Gasteiger partial charge in [0.05, 0.1) is 10.5 Å². The molecule has 0 atom stereocenters. The zero-order valence-corrected chi connectivity index (χ0v) is 10.7. The maximum Gasteiger partial charge on any atom is 0.156 e. The van der Waals surface area contributed by atoms with Gasteiger partial charge in [-0.15, -0.1) is 12.3 Å². The monoisotopic (exact) mass is 231 g/mol. The summed E-state index contributed by atoms with van der Waals surface area (Å²) in [5, 5.41) is 3.07. The van der Waals surface area contributed by atoms with Gasteiger partial charge in [0.25, 0.3) is 0 Å². The average Bonchev–Trinajstić information content (AvgIpc) is 2.09. The predicted octanol–water partition coefficient (Wildman–Crippen LogP) is 1.20.